The number of aliphatic hydroxyl groups is 1. The van der Waals surface area contributed by atoms with Crippen molar-refractivity contribution in [3.63, 3.8) is 0 Å². The molecule has 0 saturated carbocycles. The molecular formula is C28H35NO8. The van der Waals surface area contributed by atoms with Gasteiger partial charge in [0.15, 0.2) is 5.75 Å². The fraction of sp³-hybridized carbons (Fsp3) is 0.536. The van der Waals surface area contributed by atoms with Crippen molar-refractivity contribution in [2.45, 2.75) is 83.9 Å². The van der Waals surface area contributed by atoms with E-state index in [1.807, 2.05) is 13.0 Å². The number of amides is 1. The smallest absolute Gasteiger partial charge is 0.334 e. The minimum atomic E-state index is -1.21. The van der Waals surface area contributed by atoms with E-state index in [2.05, 4.69) is 5.32 Å². The zero-order valence-electron chi connectivity index (χ0n) is 21.7. The van der Waals surface area contributed by atoms with Crippen molar-refractivity contribution in [1.29, 1.82) is 0 Å². The summed E-state index contributed by atoms with van der Waals surface area (Å²) in [5, 5.41) is 23.3. The van der Waals surface area contributed by atoms with Gasteiger partial charge in [0.1, 0.15) is 23.7 Å². The number of hydrogen-bond acceptors (Lipinski definition) is 8. The molecule has 3 heterocycles. The third kappa shape index (κ3) is 5.72. The van der Waals surface area contributed by atoms with Crippen molar-refractivity contribution in [2.75, 3.05) is 5.32 Å². The number of fused-ring (bicyclic) bond motifs is 2. The zero-order valence-corrected chi connectivity index (χ0v) is 21.7. The number of anilines is 1. The molecule has 3 N–H and O–H groups in total. The largest absolute Gasteiger partial charge is 0.508 e. The molecule has 9 nitrogen and oxygen atoms in total. The molecule has 6 atom stereocenters. The summed E-state index contributed by atoms with van der Waals surface area (Å²) < 4.78 is 18.3. The highest BCUT2D eigenvalue weighted by Crippen LogP contribution is 2.53. The number of hydrogen-bond donors (Lipinski definition) is 3. The Kier molecular flexibility index (Phi) is 7.75. The number of cyclic esters (lactones) is 1. The molecule has 1 aromatic carbocycles. The number of nitrogens with one attached hydrogen (secondary N) is 1. The molecule has 1 spiro atoms. The van der Waals surface area contributed by atoms with Crippen LogP contribution >= 0.6 is 0 Å². The molecule has 1 amide bonds. The molecule has 1 aromatic rings. The summed E-state index contributed by atoms with van der Waals surface area (Å²) in [7, 11) is 0. The van der Waals surface area contributed by atoms with E-state index in [0.29, 0.717) is 24.2 Å². The first-order valence-electron chi connectivity index (χ1n) is 12.8. The summed E-state index contributed by atoms with van der Waals surface area (Å²) in [4.78, 5) is 38.4. The van der Waals surface area contributed by atoms with Gasteiger partial charge in [-0.1, -0.05) is 26.0 Å². The van der Waals surface area contributed by atoms with E-state index in [-0.39, 0.29) is 41.6 Å². The Morgan fingerprint density at radius 3 is 2.68 bits per heavy atom. The highest BCUT2D eigenvalue weighted by atomic mass is 16.7. The number of benzene rings is 1. The van der Waals surface area contributed by atoms with Crippen molar-refractivity contribution in [3.8, 4) is 11.5 Å². The van der Waals surface area contributed by atoms with Crippen LogP contribution in [0.2, 0.25) is 0 Å². The molecule has 9 heteroatoms. The van der Waals surface area contributed by atoms with Gasteiger partial charge in [-0.3, -0.25) is 9.59 Å². The molecular weight excluding hydrogens is 478 g/mol. The number of ketones is 1. The average molecular weight is 514 g/mol. The van der Waals surface area contributed by atoms with Crippen LogP contribution in [0.15, 0.2) is 35.9 Å². The summed E-state index contributed by atoms with van der Waals surface area (Å²) in [5.41, 5.74) is 1.01. The van der Waals surface area contributed by atoms with Gasteiger partial charge in [-0.2, -0.15) is 0 Å². The molecule has 3 aliphatic rings. The number of Topliss-reactive ketones (excluding diaryl/α,β-unsaturated/α-hetero) is 1. The minimum Gasteiger partial charge on any atom is -0.508 e. The predicted molar refractivity (Wildman–Crippen MR) is 135 cm³/mol. The molecule has 1 fully saturated rings. The maximum absolute atomic E-state index is 13.0. The predicted octanol–water partition coefficient (Wildman–Crippen LogP) is 4.09. The third-order valence-electron chi connectivity index (χ3n) is 7.35. The number of phenolic OH excluding ortho intramolecular Hbond substituents is 1. The van der Waals surface area contributed by atoms with Crippen molar-refractivity contribution >= 4 is 23.3 Å². The van der Waals surface area contributed by atoms with Crippen LogP contribution in [0, 0.1) is 11.8 Å². The highest BCUT2D eigenvalue weighted by molar-refractivity contribution is 5.96. The topological polar surface area (TPSA) is 131 Å². The van der Waals surface area contributed by atoms with Gasteiger partial charge in [0.25, 0.3) is 0 Å². The molecule has 3 bridgehead atoms. The lowest BCUT2D eigenvalue weighted by Crippen LogP contribution is -2.52. The van der Waals surface area contributed by atoms with Gasteiger partial charge in [-0.15, -0.1) is 0 Å². The SMILES string of the molecule is CC[C@H]1/C=C/[C@@H]([C@H](C)O)OC(=O)/C(C)=C/CC(=O)Nc2cc(O)cc3c2O[C@@]2(CC1)CC(=O)[C@@H](C)[C@H]3O2. The Balaban J connectivity index is 1.77. The second-order valence-corrected chi connectivity index (χ2v) is 10.2. The fourth-order valence-corrected chi connectivity index (χ4v) is 4.96. The standard InChI is InChI=1S/C28H35NO8/c1-5-18-7-8-23(17(4)30)35-27(34)15(2)6-9-24(33)29-21-13-19(31)12-20-25-16(3)22(32)14-28(36-25,11-10-18)37-26(20)21/h6-8,12-13,16-18,23,25,30-31H,5,9-11,14H2,1-4H3,(H,29,33)/b8-7+,15-6+/t16-,17+,18+,23+,25-,28+/m1/s1. The summed E-state index contributed by atoms with van der Waals surface area (Å²) in [6.07, 6.45) is 4.34. The molecule has 1 saturated heterocycles. The zero-order chi connectivity index (χ0) is 26.9. The fourth-order valence-electron chi connectivity index (χ4n) is 4.96. The third-order valence-corrected chi connectivity index (χ3v) is 7.35. The summed E-state index contributed by atoms with van der Waals surface area (Å²) in [6, 6.07) is 2.91. The molecule has 200 valence electrons. The van der Waals surface area contributed by atoms with Gasteiger partial charge in [0, 0.05) is 36.0 Å². The van der Waals surface area contributed by atoms with E-state index in [4.69, 9.17) is 14.2 Å². The molecule has 0 aliphatic carbocycles. The highest BCUT2D eigenvalue weighted by Gasteiger charge is 2.52. The van der Waals surface area contributed by atoms with Gasteiger partial charge in [-0.05, 0) is 44.7 Å². The second-order valence-electron chi connectivity index (χ2n) is 10.2. The van der Waals surface area contributed by atoms with E-state index in [1.54, 1.807) is 26.8 Å². The van der Waals surface area contributed by atoms with Gasteiger partial charge >= 0.3 is 5.97 Å². The van der Waals surface area contributed by atoms with Crippen LogP contribution in [0.4, 0.5) is 5.69 Å². The first-order chi connectivity index (χ1) is 17.5. The Bertz CT molecular complexity index is 1140. The first kappa shape index (κ1) is 26.9. The maximum Gasteiger partial charge on any atom is 0.334 e. The quantitative estimate of drug-likeness (QED) is 0.398. The molecule has 4 rings (SSSR count). The monoisotopic (exact) mass is 513 g/mol. The van der Waals surface area contributed by atoms with E-state index in [0.717, 1.165) is 6.42 Å². The number of phenols is 1. The summed E-state index contributed by atoms with van der Waals surface area (Å²) in [5.74, 6) is -2.38. The van der Waals surface area contributed by atoms with Crippen LogP contribution < -0.4 is 10.1 Å². The molecule has 0 aromatic heterocycles. The Hall–Kier alpha value is -3.17. The summed E-state index contributed by atoms with van der Waals surface area (Å²) in [6.45, 7) is 6.90. The molecule has 3 aliphatic heterocycles. The normalized spacial score (nSPS) is 33.6. The molecule has 0 unspecified atom stereocenters. The lowest BCUT2D eigenvalue weighted by atomic mass is 9.82. The van der Waals surface area contributed by atoms with Crippen molar-refractivity contribution in [2.24, 2.45) is 11.8 Å². The number of esters is 1. The van der Waals surface area contributed by atoms with Gasteiger partial charge in [-0.25, -0.2) is 4.79 Å². The number of carbonyl (C=O) groups is 3. The van der Waals surface area contributed by atoms with Crippen LogP contribution in [-0.2, 0) is 23.9 Å². The van der Waals surface area contributed by atoms with E-state index in [1.165, 1.54) is 18.2 Å². The average Bonchev–Trinajstić information content (AvgIpc) is 2.84. The van der Waals surface area contributed by atoms with Crippen LogP contribution in [-0.4, -0.2) is 45.9 Å². The first-order valence-corrected chi connectivity index (χ1v) is 12.8. The van der Waals surface area contributed by atoms with Crippen molar-refractivity contribution in [3.05, 3.63) is 41.5 Å². The number of carbonyl (C=O) groups excluding carboxylic acids is 3. The van der Waals surface area contributed by atoms with Crippen molar-refractivity contribution in [1.82, 2.24) is 0 Å². The molecule has 37 heavy (non-hydrogen) atoms. The van der Waals surface area contributed by atoms with Crippen LogP contribution in [0.25, 0.3) is 0 Å². The maximum atomic E-state index is 13.0. The Labute approximate surface area is 216 Å². The van der Waals surface area contributed by atoms with Crippen LogP contribution in [0.1, 0.15) is 71.5 Å². The van der Waals surface area contributed by atoms with Gasteiger partial charge in [0.2, 0.25) is 11.7 Å². The number of aromatic hydroxyl groups is 1. The van der Waals surface area contributed by atoms with Gasteiger partial charge < -0.3 is 29.7 Å². The summed E-state index contributed by atoms with van der Waals surface area (Å²) >= 11 is 0. The van der Waals surface area contributed by atoms with E-state index in [9.17, 15) is 24.6 Å². The van der Waals surface area contributed by atoms with E-state index < -0.39 is 41.9 Å². The van der Waals surface area contributed by atoms with E-state index >= 15 is 0 Å². The molecule has 0 radical (unpaired) electrons. The number of aliphatic hydroxyl groups excluding tert-OH is 1. The number of allylic oxidation sites excluding steroid dienone is 1. The van der Waals surface area contributed by atoms with Crippen molar-refractivity contribution < 1.29 is 38.8 Å². The Morgan fingerprint density at radius 1 is 1.22 bits per heavy atom. The number of rotatable bonds is 2. The van der Waals surface area contributed by atoms with Crippen LogP contribution in [0.5, 0.6) is 11.5 Å². The lowest BCUT2D eigenvalue weighted by molar-refractivity contribution is -0.261. The number of ether oxygens (including phenoxy) is 3. The lowest BCUT2D eigenvalue weighted by Gasteiger charge is -2.48. The van der Waals surface area contributed by atoms with Gasteiger partial charge in [0.05, 0.1) is 18.2 Å². The Morgan fingerprint density at radius 2 is 1.97 bits per heavy atom. The second kappa shape index (κ2) is 10.7. The van der Waals surface area contributed by atoms with Crippen LogP contribution in [0.3, 0.4) is 0 Å². The minimum absolute atomic E-state index is 0.00649.